The van der Waals surface area contributed by atoms with Gasteiger partial charge in [-0.25, -0.2) is 4.79 Å². The molecule has 0 aromatic rings. The SMILES string of the molecule is CC(C)(C)[C@@H](N)C(=O)N1CCOC(C(=O)O)C1. The lowest BCUT2D eigenvalue weighted by Gasteiger charge is -2.35. The van der Waals surface area contributed by atoms with Crippen molar-refractivity contribution in [3.05, 3.63) is 0 Å². The summed E-state index contributed by atoms with van der Waals surface area (Å²) in [5.41, 5.74) is 5.53. The number of morpholine rings is 1. The molecule has 0 aliphatic carbocycles. The molecule has 1 saturated heterocycles. The highest BCUT2D eigenvalue weighted by atomic mass is 16.5. The first-order valence-electron chi connectivity index (χ1n) is 5.62. The zero-order valence-electron chi connectivity index (χ0n) is 10.5. The molecule has 1 aliphatic heterocycles. The summed E-state index contributed by atoms with van der Waals surface area (Å²) in [4.78, 5) is 24.3. The van der Waals surface area contributed by atoms with Gasteiger partial charge >= 0.3 is 5.97 Å². The molecule has 0 saturated carbocycles. The summed E-state index contributed by atoms with van der Waals surface area (Å²) < 4.78 is 5.05. The van der Waals surface area contributed by atoms with Crippen LogP contribution >= 0.6 is 0 Å². The number of carboxylic acids is 1. The number of rotatable bonds is 2. The first kappa shape index (κ1) is 13.9. The van der Waals surface area contributed by atoms with Gasteiger partial charge in [0.2, 0.25) is 5.91 Å². The summed E-state index contributed by atoms with van der Waals surface area (Å²) >= 11 is 0. The van der Waals surface area contributed by atoms with Crippen LogP contribution in [0.2, 0.25) is 0 Å². The van der Waals surface area contributed by atoms with E-state index in [0.717, 1.165) is 0 Å². The lowest BCUT2D eigenvalue weighted by Crippen LogP contribution is -2.56. The van der Waals surface area contributed by atoms with Crippen molar-refractivity contribution in [2.75, 3.05) is 19.7 Å². The molecule has 0 spiro atoms. The third kappa shape index (κ3) is 3.41. The number of hydrogen-bond donors (Lipinski definition) is 2. The van der Waals surface area contributed by atoms with Gasteiger partial charge in [-0.3, -0.25) is 4.79 Å². The van der Waals surface area contributed by atoms with E-state index in [4.69, 9.17) is 15.6 Å². The zero-order valence-corrected chi connectivity index (χ0v) is 10.5. The Labute approximate surface area is 101 Å². The molecular weight excluding hydrogens is 224 g/mol. The van der Waals surface area contributed by atoms with E-state index >= 15 is 0 Å². The van der Waals surface area contributed by atoms with Crippen LogP contribution in [-0.4, -0.2) is 53.7 Å². The van der Waals surface area contributed by atoms with Crippen LogP contribution in [0.4, 0.5) is 0 Å². The van der Waals surface area contributed by atoms with Crippen molar-refractivity contribution in [2.45, 2.75) is 32.9 Å². The smallest absolute Gasteiger partial charge is 0.334 e. The monoisotopic (exact) mass is 244 g/mol. The van der Waals surface area contributed by atoms with Gasteiger partial charge < -0.3 is 20.5 Å². The number of nitrogens with zero attached hydrogens (tertiary/aromatic N) is 1. The fourth-order valence-corrected chi connectivity index (χ4v) is 1.57. The van der Waals surface area contributed by atoms with E-state index in [-0.39, 0.29) is 24.5 Å². The molecule has 17 heavy (non-hydrogen) atoms. The number of aliphatic carboxylic acids is 1. The highest BCUT2D eigenvalue weighted by Crippen LogP contribution is 2.20. The van der Waals surface area contributed by atoms with Gasteiger partial charge in [0.25, 0.3) is 0 Å². The first-order valence-corrected chi connectivity index (χ1v) is 5.62. The van der Waals surface area contributed by atoms with Crippen LogP contribution in [-0.2, 0) is 14.3 Å². The molecule has 0 radical (unpaired) electrons. The van der Waals surface area contributed by atoms with Crippen LogP contribution in [0, 0.1) is 5.41 Å². The van der Waals surface area contributed by atoms with Crippen molar-refractivity contribution in [3.8, 4) is 0 Å². The maximum Gasteiger partial charge on any atom is 0.334 e. The Balaban J connectivity index is 2.67. The minimum absolute atomic E-state index is 0.0674. The summed E-state index contributed by atoms with van der Waals surface area (Å²) in [5, 5.41) is 8.84. The summed E-state index contributed by atoms with van der Waals surface area (Å²) in [5.74, 6) is -1.26. The quantitative estimate of drug-likeness (QED) is 0.694. The Kier molecular flexibility index (Phi) is 4.11. The molecule has 2 atom stereocenters. The maximum absolute atomic E-state index is 12.1. The largest absolute Gasteiger partial charge is 0.479 e. The number of carboxylic acid groups (broad SMARTS) is 1. The Morgan fingerprint density at radius 1 is 1.47 bits per heavy atom. The third-order valence-corrected chi connectivity index (χ3v) is 2.85. The summed E-state index contributed by atoms with van der Waals surface area (Å²) in [6.45, 7) is 6.34. The molecule has 3 N–H and O–H groups in total. The second-order valence-electron chi connectivity index (χ2n) is 5.33. The van der Waals surface area contributed by atoms with E-state index in [1.54, 1.807) is 0 Å². The molecule has 0 aromatic carbocycles. The van der Waals surface area contributed by atoms with Gasteiger partial charge in [0.1, 0.15) is 0 Å². The molecule has 1 aliphatic rings. The molecule has 98 valence electrons. The highest BCUT2D eigenvalue weighted by Gasteiger charge is 2.35. The third-order valence-electron chi connectivity index (χ3n) is 2.85. The molecule has 6 nitrogen and oxygen atoms in total. The Hall–Kier alpha value is -1.14. The van der Waals surface area contributed by atoms with Crippen molar-refractivity contribution >= 4 is 11.9 Å². The number of hydrogen-bond acceptors (Lipinski definition) is 4. The van der Waals surface area contributed by atoms with Crippen molar-refractivity contribution < 1.29 is 19.4 Å². The van der Waals surface area contributed by atoms with E-state index in [2.05, 4.69) is 0 Å². The van der Waals surface area contributed by atoms with Gasteiger partial charge in [-0.1, -0.05) is 20.8 Å². The zero-order chi connectivity index (χ0) is 13.2. The van der Waals surface area contributed by atoms with Gasteiger partial charge in [-0.2, -0.15) is 0 Å². The molecule has 1 heterocycles. The standard InChI is InChI=1S/C11H20N2O4/c1-11(2,3)8(12)9(14)13-4-5-17-7(6-13)10(15)16/h7-8H,4-6,12H2,1-3H3,(H,15,16)/t7?,8-/m0/s1. The summed E-state index contributed by atoms with van der Waals surface area (Å²) in [6, 6.07) is -0.630. The van der Waals surface area contributed by atoms with Crippen molar-refractivity contribution in [2.24, 2.45) is 11.1 Å². The average Bonchev–Trinajstić information content (AvgIpc) is 2.26. The molecular formula is C11H20N2O4. The van der Waals surface area contributed by atoms with Crippen LogP contribution in [0.1, 0.15) is 20.8 Å². The lowest BCUT2D eigenvalue weighted by atomic mass is 9.86. The van der Waals surface area contributed by atoms with E-state index in [9.17, 15) is 9.59 Å². The van der Waals surface area contributed by atoms with Crippen LogP contribution < -0.4 is 5.73 Å². The minimum atomic E-state index is -1.05. The molecule has 6 heteroatoms. The van der Waals surface area contributed by atoms with E-state index in [0.29, 0.717) is 6.54 Å². The van der Waals surface area contributed by atoms with Crippen molar-refractivity contribution in [1.82, 2.24) is 4.90 Å². The number of ether oxygens (including phenoxy) is 1. The molecule has 1 rings (SSSR count). The minimum Gasteiger partial charge on any atom is -0.479 e. The number of carbonyl (C=O) groups is 2. The van der Waals surface area contributed by atoms with Crippen LogP contribution in [0.15, 0.2) is 0 Å². The normalized spacial score (nSPS) is 23.3. The molecule has 1 amide bonds. The number of carbonyl (C=O) groups excluding carboxylic acids is 1. The van der Waals surface area contributed by atoms with Gasteiger partial charge in [0.05, 0.1) is 19.2 Å². The van der Waals surface area contributed by atoms with E-state index in [1.165, 1.54) is 4.90 Å². The van der Waals surface area contributed by atoms with Gasteiger partial charge in [0, 0.05) is 6.54 Å². The maximum atomic E-state index is 12.1. The predicted octanol–water partition coefficient (Wildman–Crippen LogP) is -0.328. The average molecular weight is 244 g/mol. The molecule has 0 aromatic heterocycles. The van der Waals surface area contributed by atoms with E-state index in [1.807, 2.05) is 20.8 Å². The second-order valence-corrected chi connectivity index (χ2v) is 5.33. The van der Waals surface area contributed by atoms with E-state index < -0.39 is 18.1 Å². The van der Waals surface area contributed by atoms with Crippen molar-refractivity contribution in [1.29, 1.82) is 0 Å². The summed E-state index contributed by atoms with van der Waals surface area (Å²) in [6.07, 6.45) is -0.945. The first-order chi connectivity index (χ1) is 7.73. The lowest BCUT2D eigenvalue weighted by molar-refractivity contribution is -0.160. The molecule has 1 fully saturated rings. The Morgan fingerprint density at radius 3 is 2.53 bits per heavy atom. The van der Waals surface area contributed by atoms with Gasteiger partial charge in [-0.15, -0.1) is 0 Å². The second kappa shape index (κ2) is 5.01. The topological polar surface area (TPSA) is 92.9 Å². The number of nitrogens with two attached hydrogens (primary N) is 1. The van der Waals surface area contributed by atoms with Gasteiger partial charge in [-0.05, 0) is 5.41 Å². The van der Waals surface area contributed by atoms with Crippen LogP contribution in [0.5, 0.6) is 0 Å². The molecule has 0 bridgehead atoms. The summed E-state index contributed by atoms with van der Waals surface area (Å²) in [7, 11) is 0. The Morgan fingerprint density at radius 2 is 2.06 bits per heavy atom. The van der Waals surface area contributed by atoms with Crippen LogP contribution in [0.25, 0.3) is 0 Å². The number of amides is 1. The predicted molar refractivity (Wildman–Crippen MR) is 61.4 cm³/mol. The Bertz CT molecular complexity index is 311. The highest BCUT2D eigenvalue weighted by molar-refractivity contribution is 5.83. The molecule has 1 unspecified atom stereocenters. The fraction of sp³-hybridized carbons (Fsp3) is 0.818. The fourth-order valence-electron chi connectivity index (χ4n) is 1.57. The van der Waals surface area contributed by atoms with Crippen molar-refractivity contribution in [3.63, 3.8) is 0 Å². The van der Waals surface area contributed by atoms with Gasteiger partial charge in [0.15, 0.2) is 6.10 Å². The van der Waals surface area contributed by atoms with Crippen LogP contribution in [0.3, 0.4) is 0 Å².